The average molecular weight is 427 g/mol. The summed E-state index contributed by atoms with van der Waals surface area (Å²) < 4.78 is 11.0. The zero-order valence-corrected chi connectivity index (χ0v) is 16.6. The van der Waals surface area contributed by atoms with Crippen molar-refractivity contribution in [3.63, 3.8) is 0 Å². The molecule has 1 aromatic rings. The molecule has 0 bridgehead atoms. The molecule has 1 aromatic carbocycles. The van der Waals surface area contributed by atoms with Gasteiger partial charge in [0.15, 0.2) is 5.78 Å². The Bertz CT molecular complexity index is 682. The second-order valence-electron chi connectivity index (χ2n) is 6.54. The molecule has 0 amide bonds. The molecule has 1 N–H and O–H groups in total. The number of rotatable bonds is 5. The number of ketones is 1. The predicted octanol–water partition coefficient (Wildman–Crippen LogP) is 2.62. The summed E-state index contributed by atoms with van der Waals surface area (Å²) in [6.07, 6.45) is -0.313. The van der Waals surface area contributed by atoms with Crippen LogP contribution in [0, 0.1) is 11.8 Å². The summed E-state index contributed by atoms with van der Waals surface area (Å²) in [4.78, 5) is 37.8. The molecule has 4 atom stereocenters. The van der Waals surface area contributed by atoms with Gasteiger partial charge in [-0.3, -0.25) is 14.4 Å². The lowest BCUT2D eigenvalue weighted by atomic mass is 9.62. The van der Waals surface area contributed by atoms with Gasteiger partial charge >= 0.3 is 11.9 Å². The van der Waals surface area contributed by atoms with Crippen molar-refractivity contribution in [3.05, 3.63) is 34.3 Å². The van der Waals surface area contributed by atoms with E-state index in [2.05, 4.69) is 15.9 Å². The van der Waals surface area contributed by atoms with Crippen LogP contribution in [0.1, 0.15) is 38.7 Å². The summed E-state index contributed by atoms with van der Waals surface area (Å²) in [5.74, 6) is -4.84. The van der Waals surface area contributed by atoms with E-state index in [1.165, 1.54) is 6.92 Å². The van der Waals surface area contributed by atoms with Crippen LogP contribution in [0.5, 0.6) is 0 Å². The third-order valence-corrected chi connectivity index (χ3v) is 5.13. The third kappa shape index (κ3) is 4.15. The Kier molecular flexibility index (Phi) is 6.58. The van der Waals surface area contributed by atoms with E-state index in [-0.39, 0.29) is 19.6 Å². The lowest BCUT2D eigenvalue weighted by Crippen LogP contribution is -2.55. The molecular formula is C19H23BrO6. The number of aliphatic hydroxyl groups is 1. The third-order valence-electron chi connectivity index (χ3n) is 4.60. The average Bonchev–Trinajstić information content (AvgIpc) is 2.54. The highest BCUT2D eigenvalue weighted by Gasteiger charge is 2.57. The zero-order valence-electron chi connectivity index (χ0n) is 15.0. The van der Waals surface area contributed by atoms with Gasteiger partial charge in [0, 0.05) is 16.8 Å². The molecule has 0 heterocycles. The molecule has 7 heteroatoms. The van der Waals surface area contributed by atoms with E-state index in [0.717, 1.165) is 4.47 Å². The molecular weight excluding hydrogens is 404 g/mol. The van der Waals surface area contributed by atoms with Gasteiger partial charge < -0.3 is 14.6 Å². The van der Waals surface area contributed by atoms with Crippen molar-refractivity contribution in [1.82, 2.24) is 0 Å². The molecule has 2 rings (SSSR count). The van der Waals surface area contributed by atoms with Crippen molar-refractivity contribution in [2.75, 3.05) is 13.2 Å². The van der Waals surface area contributed by atoms with Crippen LogP contribution < -0.4 is 0 Å². The molecule has 0 saturated heterocycles. The lowest BCUT2D eigenvalue weighted by molar-refractivity contribution is -0.172. The van der Waals surface area contributed by atoms with Gasteiger partial charge in [-0.15, -0.1) is 0 Å². The van der Waals surface area contributed by atoms with Crippen LogP contribution in [0.25, 0.3) is 0 Å². The lowest BCUT2D eigenvalue weighted by Gasteiger charge is -2.43. The second kappa shape index (κ2) is 8.31. The van der Waals surface area contributed by atoms with Crippen molar-refractivity contribution in [2.45, 2.75) is 38.7 Å². The van der Waals surface area contributed by atoms with Crippen LogP contribution in [0.15, 0.2) is 28.7 Å². The van der Waals surface area contributed by atoms with Gasteiger partial charge in [-0.25, -0.2) is 0 Å². The first-order valence-electron chi connectivity index (χ1n) is 8.56. The summed E-state index contributed by atoms with van der Waals surface area (Å²) in [5, 5.41) is 10.8. The highest BCUT2D eigenvalue weighted by molar-refractivity contribution is 9.10. The fourth-order valence-electron chi connectivity index (χ4n) is 3.56. The van der Waals surface area contributed by atoms with Crippen molar-refractivity contribution in [1.29, 1.82) is 0 Å². The normalized spacial score (nSPS) is 28.5. The Morgan fingerprint density at radius 1 is 1.15 bits per heavy atom. The Balaban J connectivity index is 2.59. The Labute approximate surface area is 161 Å². The first-order chi connectivity index (χ1) is 12.2. The SMILES string of the molecule is CCOC(=O)[C@H]1C(=O)C[C@@](C)(O)[C@H](C(=O)OCC)[C@@H]1c1ccc(Br)cc1. The van der Waals surface area contributed by atoms with Gasteiger partial charge in [0.05, 0.1) is 24.7 Å². The number of hydrogen-bond donors (Lipinski definition) is 1. The predicted molar refractivity (Wildman–Crippen MR) is 97.4 cm³/mol. The second-order valence-corrected chi connectivity index (χ2v) is 7.45. The number of hydrogen-bond acceptors (Lipinski definition) is 6. The number of ether oxygens (including phenoxy) is 2. The number of carbonyl (C=O) groups is 3. The fraction of sp³-hybridized carbons (Fsp3) is 0.526. The molecule has 1 fully saturated rings. The van der Waals surface area contributed by atoms with Crippen molar-refractivity contribution in [3.8, 4) is 0 Å². The Morgan fingerprint density at radius 3 is 2.23 bits per heavy atom. The number of halogens is 1. The zero-order chi connectivity index (χ0) is 19.5. The summed E-state index contributed by atoms with van der Waals surface area (Å²) in [7, 11) is 0. The highest BCUT2D eigenvalue weighted by atomic mass is 79.9. The molecule has 1 aliphatic rings. The van der Waals surface area contributed by atoms with Crippen LogP contribution in [-0.4, -0.2) is 41.6 Å². The van der Waals surface area contributed by atoms with Crippen LogP contribution >= 0.6 is 15.9 Å². The van der Waals surface area contributed by atoms with E-state index in [0.29, 0.717) is 5.56 Å². The molecule has 0 spiro atoms. The van der Waals surface area contributed by atoms with Crippen molar-refractivity contribution >= 4 is 33.7 Å². The Hall–Kier alpha value is -1.73. The maximum absolute atomic E-state index is 12.7. The largest absolute Gasteiger partial charge is 0.466 e. The standard InChI is InChI=1S/C19H23BrO6/c1-4-25-17(22)15-13(21)10-19(3,24)16(18(23)26-5-2)14(15)11-6-8-12(20)9-7-11/h6-9,14-16,24H,4-5,10H2,1-3H3/t14-,15+,16+,19-/m1/s1. The van der Waals surface area contributed by atoms with Gasteiger partial charge in [0.25, 0.3) is 0 Å². The molecule has 0 radical (unpaired) electrons. The molecule has 0 aliphatic heterocycles. The van der Waals surface area contributed by atoms with Gasteiger partial charge in [0.1, 0.15) is 5.92 Å². The van der Waals surface area contributed by atoms with E-state index in [1.807, 2.05) is 0 Å². The first kappa shape index (κ1) is 20.6. The van der Waals surface area contributed by atoms with Crippen LogP contribution in [-0.2, 0) is 23.9 Å². The summed E-state index contributed by atoms with van der Waals surface area (Å²) in [6, 6.07) is 6.96. The number of esters is 2. The Morgan fingerprint density at radius 2 is 1.69 bits per heavy atom. The van der Waals surface area contributed by atoms with Crippen molar-refractivity contribution < 1.29 is 29.0 Å². The van der Waals surface area contributed by atoms with Crippen LogP contribution in [0.2, 0.25) is 0 Å². The minimum atomic E-state index is -1.62. The minimum Gasteiger partial charge on any atom is -0.466 e. The van der Waals surface area contributed by atoms with Crippen LogP contribution in [0.4, 0.5) is 0 Å². The van der Waals surface area contributed by atoms with Gasteiger partial charge in [-0.05, 0) is 38.5 Å². The summed E-state index contributed by atoms with van der Waals surface area (Å²) in [6.45, 7) is 5.00. The van der Waals surface area contributed by atoms with E-state index < -0.39 is 41.1 Å². The molecule has 0 unspecified atom stereocenters. The summed E-state index contributed by atoms with van der Waals surface area (Å²) >= 11 is 3.34. The van der Waals surface area contributed by atoms with E-state index in [9.17, 15) is 19.5 Å². The van der Waals surface area contributed by atoms with Crippen LogP contribution in [0.3, 0.4) is 0 Å². The van der Waals surface area contributed by atoms with E-state index in [1.54, 1.807) is 38.1 Å². The number of benzene rings is 1. The molecule has 1 aliphatic carbocycles. The fourth-order valence-corrected chi connectivity index (χ4v) is 3.83. The van der Waals surface area contributed by atoms with Crippen molar-refractivity contribution in [2.24, 2.45) is 11.8 Å². The molecule has 6 nitrogen and oxygen atoms in total. The smallest absolute Gasteiger partial charge is 0.317 e. The molecule has 26 heavy (non-hydrogen) atoms. The summed E-state index contributed by atoms with van der Waals surface area (Å²) in [5.41, 5.74) is -1.03. The van der Waals surface area contributed by atoms with Gasteiger partial charge in [-0.2, -0.15) is 0 Å². The molecule has 142 valence electrons. The monoisotopic (exact) mass is 426 g/mol. The molecule has 1 saturated carbocycles. The quantitative estimate of drug-likeness (QED) is 0.574. The topological polar surface area (TPSA) is 89.9 Å². The van der Waals surface area contributed by atoms with E-state index >= 15 is 0 Å². The van der Waals surface area contributed by atoms with E-state index in [4.69, 9.17) is 9.47 Å². The first-order valence-corrected chi connectivity index (χ1v) is 9.36. The molecule has 0 aromatic heterocycles. The highest BCUT2D eigenvalue weighted by Crippen LogP contribution is 2.46. The van der Waals surface area contributed by atoms with Gasteiger partial charge in [-0.1, -0.05) is 28.1 Å². The van der Waals surface area contributed by atoms with Gasteiger partial charge in [0.2, 0.25) is 0 Å². The number of carbonyl (C=O) groups excluding carboxylic acids is 3. The number of Topliss-reactive ketones (excluding diaryl/α,β-unsaturated/α-hetero) is 1. The maximum Gasteiger partial charge on any atom is 0.317 e. The minimum absolute atomic E-state index is 0.121. The maximum atomic E-state index is 12.7.